The van der Waals surface area contributed by atoms with Crippen LogP contribution >= 0.6 is 0 Å². The van der Waals surface area contributed by atoms with E-state index in [-0.39, 0.29) is 0 Å². The number of hydrogen-bond donors (Lipinski definition) is 0. The van der Waals surface area contributed by atoms with Crippen LogP contribution in [0.25, 0.3) is 0 Å². The van der Waals surface area contributed by atoms with Gasteiger partial charge in [0.2, 0.25) is 5.88 Å². The predicted molar refractivity (Wildman–Crippen MR) is 51.8 cm³/mol. The molecule has 0 N–H and O–H groups in total. The molecule has 0 fully saturated rings. The summed E-state index contributed by atoms with van der Waals surface area (Å²) in [5.41, 5.74) is -2.31. The third-order valence-corrected chi connectivity index (χ3v) is 2.02. The van der Waals surface area contributed by atoms with Crippen molar-refractivity contribution in [3.05, 3.63) is 17.3 Å². The Balaban J connectivity index is 3.44. The van der Waals surface area contributed by atoms with Crippen LogP contribution in [0.2, 0.25) is 0 Å². The van der Waals surface area contributed by atoms with Gasteiger partial charge in [0.1, 0.15) is 5.75 Å². The van der Waals surface area contributed by atoms with E-state index >= 15 is 0 Å². The molecular formula is C10H6F6N2O2. The van der Waals surface area contributed by atoms with E-state index in [9.17, 15) is 26.3 Å². The van der Waals surface area contributed by atoms with Crippen molar-refractivity contribution in [1.82, 2.24) is 4.98 Å². The van der Waals surface area contributed by atoms with Crippen molar-refractivity contribution in [1.29, 1.82) is 5.26 Å². The summed E-state index contributed by atoms with van der Waals surface area (Å²) < 4.78 is 82.2. The minimum absolute atomic E-state index is 0.537. The number of nitriles is 1. The van der Waals surface area contributed by atoms with Crippen LogP contribution in [-0.2, 0) is 12.6 Å². The van der Waals surface area contributed by atoms with Crippen molar-refractivity contribution < 1.29 is 35.8 Å². The fourth-order valence-electron chi connectivity index (χ4n) is 1.36. The SMILES string of the molecule is COc1cc(OC(F)(F)F)nc(C(F)(F)F)c1CC#N. The van der Waals surface area contributed by atoms with Crippen LogP contribution in [0.3, 0.4) is 0 Å². The normalized spacial score (nSPS) is 11.9. The lowest BCUT2D eigenvalue weighted by Gasteiger charge is -2.16. The van der Waals surface area contributed by atoms with Crippen molar-refractivity contribution in [3.8, 4) is 17.7 Å². The Morgan fingerprint density at radius 2 is 1.85 bits per heavy atom. The smallest absolute Gasteiger partial charge is 0.496 e. The Morgan fingerprint density at radius 1 is 1.25 bits per heavy atom. The highest BCUT2D eigenvalue weighted by Crippen LogP contribution is 2.38. The average Bonchev–Trinajstić information content (AvgIpc) is 2.27. The minimum Gasteiger partial charge on any atom is -0.496 e. The topological polar surface area (TPSA) is 55.1 Å². The number of pyridine rings is 1. The van der Waals surface area contributed by atoms with E-state index in [0.717, 1.165) is 7.11 Å². The molecule has 0 unspecified atom stereocenters. The highest BCUT2D eigenvalue weighted by molar-refractivity contribution is 5.43. The zero-order chi connectivity index (χ0) is 15.6. The van der Waals surface area contributed by atoms with Gasteiger partial charge in [0, 0.05) is 11.6 Å². The lowest BCUT2D eigenvalue weighted by Crippen LogP contribution is -2.20. The van der Waals surface area contributed by atoms with Crippen LogP contribution in [0.15, 0.2) is 6.07 Å². The van der Waals surface area contributed by atoms with Crippen molar-refractivity contribution in [2.45, 2.75) is 19.0 Å². The summed E-state index contributed by atoms with van der Waals surface area (Å²) in [6.45, 7) is 0. The zero-order valence-electron chi connectivity index (χ0n) is 9.76. The number of alkyl halides is 6. The van der Waals surface area contributed by atoms with E-state index in [1.807, 2.05) is 0 Å². The average molecular weight is 300 g/mol. The molecule has 0 aromatic carbocycles. The highest BCUT2D eigenvalue weighted by atomic mass is 19.4. The molecule has 0 amide bonds. The fraction of sp³-hybridized carbons (Fsp3) is 0.400. The van der Waals surface area contributed by atoms with Gasteiger partial charge >= 0.3 is 12.5 Å². The number of ether oxygens (including phenoxy) is 2. The summed E-state index contributed by atoms with van der Waals surface area (Å²) in [7, 11) is 0.952. The van der Waals surface area contributed by atoms with Gasteiger partial charge in [0.25, 0.3) is 0 Å². The van der Waals surface area contributed by atoms with Gasteiger partial charge in [0.05, 0.1) is 19.6 Å². The van der Waals surface area contributed by atoms with Gasteiger partial charge in [-0.1, -0.05) is 0 Å². The van der Waals surface area contributed by atoms with E-state index in [4.69, 9.17) is 5.26 Å². The molecule has 20 heavy (non-hydrogen) atoms. The lowest BCUT2D eigenvalue weighted by atomic mass is 10.1. The number of rotatable bonds is 3. The van der Waals surface area contributed by atoms with Gasteiger partial charge in [-0.15, -0.1) is 13.2 Å². The summed E-state index contributed by atoms with van der Waals surface area (Å²) in [5.74, 6) is -1.88. The van der Waals surface area contributed by atoms with E-state index in [1.165, 1.54) is 6.07 Å². The summed E-state index contributed by atoms with van der Waals surface area (Å²) in [5, 5.41) is 8.47. The molecule has 1 aromatic heterocycles. The lowest BCUT2D eigenvalue weighted by molar-refractivity contribution is -0.276. The van der Waals surface area contributed by atoms with Crippen LogP contribution in [0, 0.1) is 11.3 Å². The molecule has 0 atom stereocenters. The molecule has 1 rings (SSSR count). The first-order valence-electron chi connectivity index (χ1n) is 4.86. The van der Waals surface area contributed by atoms with E-state index in [2.05, 4.69) is 14.5 Å². The standard InChI is InChI=1S/C10H6F6N2O2/c1-19-6-4-7(20-10(14,15)16)18-8(9(11,12)13)5(6)2-3-17/h4H,2H2,1H3. The molecule has 0 aliphatic heterocycles. The van der Waals surface area contributed by atoms with Crippen LogP contribution in [-0.4, -0.2) is 18.5 Å². The Labute approximate surface area is 108 Å². The second-order valence-corrected chi connectivity index (χ2v) is 3.37. The summed E-state index contributed by atoms with van der Waals surface area (Å²) in [4.78, 5) is 2.76. The molecule has 10 heteroatoms. The van der Waals surface area contributed by atoms with Gasteiger partial charge in [-0.05, 0) is 0 Å². The maximum atomic E-state index is 12.7. The monoisotopic (exact) mass is 300 g/mol. The van der Waals surface area contributed by atoms with E-state index in [0.29, 0.717) is 6.07 Å². The zero-order valence-corrected chi connectivity index (χ0v) is 9.76. The first-order valence-corrected chi connectivity index (χ1v) is 4.86. The Morgan fingerprint density at radius 3 is 2.25 bits per heavy atom. The second kappa shape index (κ2) is 5.44. The maximum absolute atomic E-state index is 12.7. The summed E-state index contributed by atoms with van der Waals surface area (Å²) >= 11 is 0. The molecule has 1 heterocycles. The van der Waals surface area contributed by atoms with Gasteiger partial charge in [-0.25, -0.2) is 4.98 Å². The first-order chi connectivity index (χ1) is 9.08. The number of methoxy groups -OCH3 is 1. The molecule has 0 bridgehead atoms. The fourth-order valence-corrected chi connectivity index (χ4v) is 1.36. The maximum Gasteiger partial charge on any atom is 0.574 e. The van der Waals surface area contributed by atoms with E-state index in [1.54, 1.807) is 0 Å². The van der Waals surface area contributed by atoms with Gasteiger partial charge in [-0.2, -0.15) is 18.4 Å². The van der Waals surface area contributed by atoms with Crippen LogP contribution in [0.1, 0.15) is 11.3 Å². The highest BCUT2D eigenvalue weighted by Gasteiger charge is 2.39. The molecule has 0 radical (unpaired) electrons. The Bertz CT molecular complexity index is 532. The van der Waals surface area contributed by atoms with Crippen LogP contribution < -0.4 is 9.47 Å². The molecule has 0 saturated heterocycles. The summed E-state index contributed by atoms with van der Waals surface area (Å²) in [6, 6.07) is 1.99. The largest absolute Gasteiger partial charge is 0.574 e. The van der Waals surface area contributed by atoms with E-state index < -0.39 is 41.8 Å². The first kappa shape index (κ1) is 15.9. The van der Waals surface area contributed by atoms with Gasteiger partial charge < -0.3 is 9.47 Å². The molecule has 0 spiro atoms. The van der Waals surface area contributed by atoms with Crippen molar-refractivity contribution in [2.75, 3.05) is 7.11 Å². The quantitative estimate of drug-likeness (QED) is 0.805. The number of aromatic nitrogens is 1. The molecule has 0 aliphatic rings. The number of nitrogens with zero attached hydrogens (tertiary/aromatic N) is 2. The van der Waals surface area contributed by atoms with Crippen LogP contribution in [0.4, 0.5) is 26.3 Å². The minimum atomic E-state index is -5.20. The van der Waals surface area contributed by atoms with Gasteiger partial charge in [0.15, 0.2) is 5.69 Å². The molecule has 1 aromatic rings. The van der Waals surface area contributed by atoms with Crippen molar-refractivity contribution in [3.63, 3.8) is 0 Å². The Kier molecular flexibility index (Phi) is 4.32. The number of halogens is 6. The van der Waals surface area contributed by atoms with Crippen LogP contribution in [0.5, 0.6) is 11.6 Å². The molecular weight excluding hydrogens is 294 g/mol. The molecule has 0 aliphatic carbocycles. The predicted octanol–water partition coefficient (Wildman–Crippen LogP) is 3.07. The van der Waals surface area contributed by atoms with Crippen molar-refractivity contribution in [2.24, 2.45) is 0 Å². The Hall–Kier alpha value is -2.18. The van der Waals surface area contributed by atoms with Gasteiger partial charge in [-0.3, -0.25) is 0 Å². The summed E-state index contributed by atoms with van der Waals surface area (Å²) in [6.07, 6.45) is -11.0. The molecule has 4 nitrogen and oxygen atoms in total. The molecule has 110 valence electrons. The number of hydrogen-bond acceptors (Lipinski definition) is 4. The third kappa shape index (κ3) is 3.91. The second-order valence-electron chi connectivity index (χ2n) is 3.37. The molecule has 0 saturated carbocycles. The third-order valence-electron chi connectivity index (χ3n) is 2.02. The van der Waals surface area contributed by atoms with Crippen molar-refractivity contribution >= 4 is 0 Å².